The summed E-state index contributed by atoms with van der Waals surface area (Å²) >= 11 is 0. The second-order valence-electron chi connectivity index (χ2n) is 7.39. The lowest BCUT2D eigenvalue weighted by atomic mass is 9.98. The number of ether oxygens (including phenoxy) is 1. The smallest absolute Gasteiger partial charge is 0.295 e. The van der Waals surface area contributed by atoms with Gasteiger partial charge in [0.15, 0.2) is 5.43 Å². The van der Waals surface area contributed by atoms with Crippen molar-refractivity contribution in [2.75, 3.05) is 11.5 Å². The van der Waals surface area contributed by atoms with Crippen molar-refractivity contribution < 1.29 is 18.3 Å². The quantitative estimate of drug-likeness (QED) is 0.409. The molecule has 1 unspecified atom stereocenters. The lowest BCUT2D eigenvalue weighted by molar-refractivity contribution is 0.0971. The summed E-state index contributed by atoms with van der Waals surface area (Å²) in [6, 6.07) is 18.8. The molecule has 0 bridgehead atoms. The molecular formula is C26H18FNO4. The van der Waals surface area contributed by atoms with Crippen LogP contribution < -0.4 is 15.1 Å². The highest BCUT2D eigenvalue weighted by Crippen LogP contribution is 2.41. The Bertz CT molecular complexity index is 1390. The summed E-state index contributed by atoms with van der Waals surface area (Å²) in [6.07, 6.45) is 1.65. The summed E-state index contributed by atoms with van der Waals surface area (Å²) in [7, 11) is 0. The molecule has 1 atom stereocenters. The number of fused-ring (bicyclic) bond motifs is 2. The second kappa shape index (κ2) is 7.81. The van der Waals surface area contributed by atoms with Crippen molar-refractivity contribution in [3.05, 3.63) is 118 Å². The Morgan fingerprint density at radius 3 is 2.44 bits per heavy atom. The fourth-order valence-corrected chi connectivity index (χ4v) is 4.00. The molecule has 1 aromatic heterocycles. The average Bonchev–Trinajstić information content (AvgIpc) is 3.11. The Morgan fingerprint density at radius 1 is 1.00 bits per heavy atom. The predicted molar refractivity (Wildman–Crippen MR) is 120 cm³/mol. The third-order valence-electron chi connectivity index (χ3n) is 5.45. The molecule has 158 valence electrons. The van der Waals surface area contributed by atoms with Gasteiger partial charge in [-0.2, -0.15) is 0 Å². The van der Waals surface area contributed by atoms with Crippen LogP contribution in [-0.4, -0.2) is 12.5 Å². The third kappa shape index (κ3) is 3.17. The Labute approximate surface area is 183 Å². The van der Waals surface area contributed by atoms with E-state index in [1.54, 1.807) is 54.6 Å². The minimum absolute atomic E-state index is 0.00462. The van der Waals surface area contributed by atoms with Crippen LogP contribution in [0.15, 0.2) is 94.7 Å². The average molecular weight is 427 g/mol. The first-order valence-electron chi connectivity index (χ1n) is 10.1. The number of para-hydroxylation sites is 1. The summed E-state index contributed by atoms with van der Waals surface area (Å²) in [6.45, 7) is 4.00. The van der Waals surface area contributed by atoms with Gasteiger partial charge in [0.2, 0.25) is 5.76 Å². The van der Waals surface area contributed by atoms with E-state index in [9.17, 15) is 14.0 Å². The van der Waals surface area contributed by atoms with Gasteiger partial charge in [-0.25, -0.2) is 4.39 Å². The first kappa shape index (κ1) is 19.8. The molecule has 0 saturated heterocycles. The SMILES string of the molecule is C=CCOc1ccc(C2c3c(oc4ccccc4c3=O)C(=O)N2c2ccc(F)cc2)cc1. The molecular weight excluding hydrogens is 409 g/mol. The van der Waals surface area contributed by atoms with Crippen molar-refractivity contribution in [1.29, 1.82) is 0 Å². The summed E-state index contributed by atoms with van der Waals surface area (Å²) in [5.41, 5.74) is 1.50. The molecule has 0 saturated carbocycles. The van der Waals surface area contributed by atoms with E-state index in [0.29, 0.717) is 34.6 Å². The number of carbonyl (C=O) groups is 1. The fourth-order valence-electron chi connectivity index (χ4n) is 4.00. The minimum atomic E-state index is -0.725. The first-order chi connectivity index (χ1) is 15.6. The number of rotatable bonds is 5. The van der Waals surface area contributed by atoms with E-state index in [1.165, 1.54) is 29.2 Å². The summed E-state index contributed by atoms with van der Waals surface area (Å²) in [5, 5.41) is 0.399. The van der Waals surface area contributed by atoms with Gasteiger partial charge < -0.3 is 9.15 Å². The molecule has 6 heteroatoms. The van der Waals surface area contributed by atoms with E-state index in [4.69, 9.17) is 9.15 Å². The maximum absolute atomic E-state index is 13.6. The van der Waals surface area contributed by atoms with E-state index < -0.39 is 17.8 Å². The van der Waals surface area contributed by atoms with Crippen LogP contribution in [0.3, 0.4) is 0 Å². The second-order valence-corrected chi connectivity index (χ2v) is 7.39. The molecule has 4 aromatic rings. The maximum Gasteiger partial charge on any atom is 0.295 e. The van der Waals surface area contributed by atoms with Crippen molar-refractivity contribution in [2.24, 2.45) is 0 Å². The Balaban J connectivity index is 1.71. The van der Waals surface area contributed by atoms with Crippen molar-refractivity contribution in [3.63, 3.8) is 0 Å². The molecule has 2 heterocycles. The van der Waals surface area contributed by atoms with Crippen LogP contribution in [0.4, 0.5) is 10.1 Å². The van der Waals surface area contributed by atoms with E-state index in [1.807, 2.05) is 0 Å². The Kier molecular flexibility index (Phi) is 4.82. The number of hydrogen-bond donors (Lipinski definition) is 0. The van der Waals surface area contributed by atoms with Crippen LogP contribution in [0.5, 0.6) is 5.75 Å². The van der Waals surface area contributed by atoms with Crippen molar-refractivity contribution >= 4 is 22.6 Å². The van der Waals surface area contributed by atoms with Crippen LogP contribution >= 0.6 is 0 Å². The van der Waals surface area contributed by atoms with Crippen LogP contribution in [0.2, 0.25) is 0 Å². The van der Waals surface area contributed by atoms with Gasteiger partial charge in [-0.3, -0.25) is 14.5 Å². The molecule has 1 aliphatic heterocycles. The topological polar surface area (TPSA) is 59.8 Å². The molecule has 5 rings (SSSR count). The zero-order valence-corrected chi connectivity index (χ0v) is 17.0. The van der Waals surface area contributed by atoms with Gasteiger partial charge in [-0.05, 0) is 54.1 Å². The van der Waals surface area contributed by atoms with E-state index in [0.717, 1.165) is 0 Å². The van der Waals surface area contributed by atoms with Gasteiger partial charge in [0, 0.05) is 5.69 Å². The number of anilines is 1. The zero-order chi connectivity index (χ0) is 22.2. The van der Waals surface area contributed by atoms with Crippen molar-refractivity contribution in [2.45, 2.75) is 6.04 Å². The van der Waals surface area contributed by atoms with E-state index in [-0.39, 0.29) is 16.8 Å². The van der Waals surface area contributed by atoms with Gasteiger partial charge in [0.1, 0.15) is 23.8 Å². The van der Waals surface area contributed by atoms with Crippen LogP contribution in [0, 0.1) is 5.82 Å². The van der Waals surface area contributed by atoms with Gasteiger partial charge in [0.25, 0.3) is 5.91 Å². The van der Waals surface area contributed by atoms with E-state index in [2.05, 4.69) is 6.58 Å². The number of carbonyl (C=O) groups excluding carboxylic acids is 1. The lowest BCUT2D eigenvalue weighted by Gasteiger charge is -2.25. The monoisotopic (exact) mass is 427 g/mol. The number of nitrogens with zero attached hydrogens (tertiary/aromatic N) is 1. The van der Waals surface area contributed by atoms with Gasteiger partial charge in [0.05, 0.1) is 17.0 Å². The maximum atomic E-state index is 13.6. The highest BCUT2D eigenvalue weighted by molar-refractivity contribution is 6.10. The number of benzene rings is 3. The normalized spacial score (nSPS) is 15.1. The van der Waals surface area contributed by atoms with Gasteiger partial charge >= 0.3 is 0 Å². The molecule has 0 N–H and O–H groups in total. The molecule has 1 amide bonds. The Hall–Kier alpha value is -4.19. The number of hydrogen-bond acceptors (Lipinski definition) is 4. The summed E-state index contributed by atoms with van der Waals surface area (Å²) in [4.78, 5) is 28.4. The van der Waals surface area contributed by atoms with Crippen molar-refractivity contribution in [3.8, 4) is 5.75 Å². The summed E-state index contributed by atoms with van der Waals surface area (Å²) in [5.74, 6) is -0.239. The van der Waals surface area contributed by atoms with Crippen LogP contribution in [-0.2, 0) is 0 Å². The van der Waals surface area contributed by atoms with E-state index >= 15 is 0 Å². The third-order valence-corrected chi connectivity index (χ3v) is 5.45. The molecule has 3 aromatic carbocycles. The first-order valence-corrected chi connectivity index (χ1v) is 10.1. The minimum Gasteiger partial charge on any atom is -0.490 e. The zero-order valence-electron chi connectivity index (χ0n) is 17.0. The molecule has 1 aliphatic rings. The number of halogens is 1. The standard InChI is InChI=1S/C26H18FNO4/c1-2-15-31-19-13-7-16(8-14-19)23-22-24(29)20-5-3-4-6-21(20)32-25(22)26(30)28(23)18-11-9-17(27)10-12-18/h2-14,23H,1,15H2. The molecule has 32 heavy (non-hydrogen) atoms. The molecule has 0 radical (unpaired) electrons. The van der Waals surface area contributed by atoms with Crippen LogP contribution in [0.1, 0.15) is 27.7 Å². The Morgan fingerprint density at radius 2 is 1.72 bits per heavy atom. The molecule has 0 spiro atoms. The highest BCUT2D eigenvalue weighted by atomic mass is 19.1. The number of amides is 1. The van der Waals surface area contributed by atoms with Crippen molar-refractivity contribution in [1.82, 2.24) is 0 Å². The van der Waals surface area contributed by atoms with Gasteiger partial charge in [-0.15, -0.1) is 0 Å². The molecule has 5 nitrogen and oxygen atoms in total. The van der Waals surface area contributed by atoms with Crippen LogP contribution in [0.25, 0.3) is 11.0 Å². The lowest BCUT2D eigenvalue weighted by Crippen LogP contribution is -2.29. The fraction of sp³-hybridized carbons (Fsp3) is 0.0769. The summed E-state index contributed by atoms with van der Waals surface area (Å²) < 4.78 is 25.0. The van der Waals surface area contributed by atoms with Gasteiger partial charge in [-0.1, -0.05) is 36.9 Å². The highest BCUT2D eigenvalue weighted by Gasteiger charge is 2.43. The largest absolute Gasteiger partial charge is 0.490 e. The molecule has 0 fully saturated rings. The molecule has 0 aliphatic carbocycles. The predicted octanol–water partition coefficient (Wildman–Crippen LogP) is 5.25.